The lowest BCUT2D eigenvalue weighted by molar-refractivity contribution is -0.131. The number of likely N-dealkylation sites (tertiary alicyclic amines) is 1. The number of halogens is 2. The molecule has 1 amide bonds. The fourth-order valence-electron chi connectivity index (χ4n) is 2.93. The van der Waals surface area contributed by atoms with Crippen molar-refractivity contribution in [1.29, 1.82) is 0 Å². The summed E-state index contributed by atoms with van der Waals surface area (Å²) in [4.78, 5) is 13.6. The largest absolute Gasteiger partial charge is 0.337 e. The maximum absolute atomic E-state index is 13.5. The molecule has 0 N–H and O–H groups in total. The third-order valence-corrected chi connectivity index (χ3v) is 6.19. The van der Waals surface area contributed by atoms with Crippen LogP contribution in [0.5, 0.6) is 0 Å². The normalized spacial score (nSPS) is 27.0. The van der Waals surface area contributed by atoms with Crippen LogP contribution >= 0.6 is 0 Å². The minimum Gasteiger partial charge on any atom is -0.337 e. The van der Waals surface area contributed by atoms with Gasteiger partial charge in [-0.2, -0.15) is 0 Å². The molecule has 20 heavy (non-hydrogen) atoms. The Morgan fingerprint density at radius 1 is 1.35 bits per heavy atom. The third kappa shape index (κ3) is 2.19. The highest BCUT2D eigenvalue weighted by atomic mass is 32.2. The molecule has 1 aromatic rings. The van der Waals surface area contributed by atoms with Crippen LogP contribution in [0.1, 0.15) is 12.0 Å². The van der Waals surface area contributed by atoms with Gasteiger partial charge in [0.25, 0.3) is 0 Å². The second kappa shape index (κ2) is 4.51. The van der Waals surface area contributed by atoms with E-state index in [1.54, 1.807) is 0 Å². The number of benzene rings is 1. The Hall–Kier alpha value is -1.50. The van der Waals surface area contributed by atoms with E-state index in [0.29, 0.717) is 6.42 Å². The molecule has 1 aromatic carbocycles. The molecule has 2 heterocycles. The van der Waals surface area contributed by atoms with Gasteiger partial charge in [0.2, 0.25) is 5.91 Å². The Bertz CT molecular complexity index is 674. The maximum Gasteiger partial charge on any atom is 0.227 e. The van der Waals surface area contributed by atoms with E-state index in [4.69, 9.17) is 0 Å². The predicted molar refractivity (Wildman–Crippen MR) is 67.8 cm³/mol. The Morgan fingerprint density at radius 2 is 2.10 bits per heavy atom. The lowest BCUT2D eigenvalue weighted by Crippen LogP contribution is -2.44. The van der Waals surface area contributed by atoms with Gasteiger partial charge in [0.05, 0.1) is 17.4 Å². The van der Waals surface area contributed by atoms with Crippen LogP contribution in [0.3, 0.4) is 0 Å². The van der Waals surface area contributed by atoms with Gasteiger partial charge in [-0.15, -0.1) is 0 Å². The fraction of sp³-hybridized carbons (Fsp3) is 0.462. The lowest BCUT2D eigenvalue weighted by atomic mass is 10.1. The fourth-order valence-corrected chi connectivity index (χ4v) is 4.96. The molecular weight excluding hydrogens is 288 g/mol. The summed E-state index contributed by atoms with van der Waals surface area (Å²) in [5.41, 5.74) is 0.127. The molecule has 2 atom stereocenters. The molecule has 2 fully saturated rings. The highest BCUT2D eigenvalue weighted by Crippen LogP contribution is 2.33. The van der Waals surface area contributed by atoms with Gasteiger partial charge >= 0.3 is 0 Å². The van der Waals surface area contributed by atoms with E-state index in [-0.39, 0.29) is 36.2 Å². The first-order chi connectivity index (χ1) is 9.37. The minimum absolute atomic E-state index is 0.00466. The minimum atomic E-state index is -3.06. The zero-order chi connectivity index (χ0) is 14.5. The number of rotatable bonds is 2. The molecule has 2 unspecified atom stereocenters. The molecule has 3 rings (SSSR count). The summed E-state index contributed by atoms with van der Waals surface area (Å²) >= 11 is 0. The Balaban J connectivity index is 1.73. The van der Waals surface area contributed by atoms with Gasteiger partial charge in [-0.1, -0.05) is 6.07 Å². The van der Waals surface area contributed by atoms with Crippen LogP contribution in [-0.4, -0.2) is 42.8 Å². The number of hydrogen-bond donors (Lipinski definition) is 0. The molecule has 4 nitrogen and oxygen atoms in total. The van der Waals surface area contributed by atoms with Crippen molar-refractivity contribution in [1.82, 2.24) is 4.90 Å². The summed E-state index contributed by atoms with van der Waals surface area (Å²) in [5.74, 6) is -1.76. The van der Waals surface area contributed by atoms with Crippen molar-refractivity contribution in [2.24, 2.45) is 0 Å². The van der Waals surface area contributed by atoms with Gasteiger partial charge in [0.15, 0.2) is 9.84 Å². The van der Waals surface area contributed by atoms with Crippen LogP contribution in [0.4, 0.5) is 8.78 Å². The number of fused-ring (bicyclic) bond motifs is 2. The van der Waals surface area contributed by atoms with E-state index in [0.717, 1.165) is 12.1 Å². The lowest BCUT2D eigenvalue weighted by Gasteiger charge is -2.27. The second-order valence-electron chi connectivity index (χ2n) is 5.30. The van der Waals surface area contributed by atoms with Crippen LogP contribution in [0.25, 0.3) is 0 Å². The second-order valence-corrected chi connectivity index (χ2v) is 7.63. The summed E-state index contributed by atoms with van der Waals surface area (Å²) in [7, 11) is -3.06. The topological polar surface area (TPSA) is 54.5 Å². The number of hydrogen-bond acceptors (Lipinski definition) is 3. The van der Waals surface area contributed by atoms with Crippen molar-refractivity contribution >= 4 is 15.7 Å². The van der Waals surface area contributed by atoms with Gasteiger partial charge in [-0.25, -0.2) is 17.2 Å². The van der Waals surface area contributed by atoms with Gasteiger partial charge in [0.1, 0.15) is 11.6 Å². The van der Waals surface area contributed by atoms with Crippen LogP contribution in [0.15, 0.2) is 18.2 Å². The molecule has 108 valence electrons. The molecule has 0 radical (unpaired) electrons. The zero-order valence-corrected chi connectivity index (χ0v) is 11.4. The summed E-state index contributed by atoms with van der Waals surface area (Å²) in [6.45, 7) is 0.189. The molecule has 0 aromatic heterocycles. The zero-order valence-electron chi connectivity index (χ0n) is 10.6. The molecule has 0 spiro atoms. The molecule has 2 bridgehead atoms. The van der Waals surface area contributed by atoms with Crippen molar-refractivity contribution in [3.63, 3.8) is 0 Å². The number of nitrogens with zero attached hydrogens (tertiary/aromatic N) is 1. The van der Waals surface area contributed by atoms with Crippen LogP contribution in [0, 0.1) is 11.6 Å². The van der Waals surface area contributed by atoms with Gasteiger partial charge < -0.3 is 4.90 Å². The van der Waals surface area contributed by atoms with Gasteiger partial charge in [-0.05, 0) is 18.1 Å². The van der Waals surface area contributed by atoms with Gasteiger partial charge in [-0.3, -0.25) is 4.79 Å². The standard InChI is InChI=1S/C13H13F2NO3S/c14-9-2-1-8(12(15)4-9)3-13(17)16-6-11-5-10(16)7-20(11,18)19/h1-2,4,10-11H,3,5-7H2. The molecule has 0 saturated carbocycles. The van der Waals surface area contributed by atoms with E-state index in [1.165, 1.54) is 11.0 Å². The first kappa shape index (κ1) is 13.5. The highest BCUT2D eigenvalue weighted by Gasteiger charge is 2.49. The predicted octanol–water partition coefficient (Wildman–Crippen LogP) is 0.905. The number of amides is 1. The van der Waals surface area contributed by atoms with Crippen molar-refractivity contribution < 1.29 is 22.0 Å². The molecule has 2 aliphatic rings. The van der Waals surface area contributed by atoms with Crippen LogP contribution in [0.2, 0.25) is 0 Å². The monoisotopic (exact) mass is 301 g/mol. The van der Waals surface area contributed by atoms with E-state index < -0.39 is 26.7 Å². The highest BCUT2D eigenvalue weighted by molar-refractivity contribution is 7.92. The quantitative estimate of drug-likeness (QED) is 0.816. The number of carbonyl (C=O) groups is 1. The molecule has 2 aliphatic heterocycles. The Morgan fingerprint density at radius 3 is 2.65 bits per heavy atom. The molecule has 0 aliphatic carbocycles. The Kier molecular flexibility index (Phi) is 3.04. The first-order valence-electron chi connectivity index (χ1n) is 6.32. The van der Waals surface area contributed by atoms with Crippen LogP contribution in [-0.2, 0) is 21.1 Å². The Labute approximate surface area is 115 Å². The van der Waals surface area contributed by atoms with Crippen LogP contribution < -0.4 is 0 Å². The van der Waals surface area contributed by atoms with Crippen molar-refractivity contribution in [2.45, 2.75) is 24.1 Å². The summed E-state index contributed by atoms with van der Waals surface area (Å²) < 4.78 is 49.5. The average molecular weight is 301 g/mol. The van der Waals surface area contributed by atoms with E-state index in [9.17, 15) is 22.0 Å². The van der Waals surface area contributed by atoms with Gasteiger partial charge in [0, 0.05) is 18.7 Å². The summed E-state index contributed by atoms with van der Waals surface area (Å²) in [6.07, 6.45) is 0.301. The SMILES string of the molecule is O=C(Cc1ccc(F)cc1F)N1CC2CC1CS2(=O)=O. The van der Waals surface area contributed by atoms with E-state index in [2.05, 4.69) is 0 Å². The third-order valence-electron chi connectivity index (χ3n) is 3.99. The van der Waals surface area contributed by atoms with Crippen molar-refractivity contribution in [2.75, 3.05) is 12.3 Å². The van der Waals surface area contributed by atoms with Crippen molar-refractivity contribution in [3.8, 4) is 0 Å². The summed E-state index contributed by atoms with van der Waals surface area (Å²) in [6, 6.07) is 2.80. The van der Waals surface area contributed by atoms with Crippen molar-refractivity contribution in [3.05, 3.63) is 35.4 Å². The smallest absolute Gasteiger partial charge is 0.227 e. The molecule has 2 saturated heterocycles. The van der Waals surface area contributed by atoms with E-state index in [1.807, 2.05) is 0 Å². The maximum atomic E-state index is 13.5. The van der Waals surface area contributed by atoms with E-state index >= 15 is 0 Å². The first-order valence-corrected chi connectivity index (χ1v) is 8.03. The summed E-state index contributed by atoms with van der Waals surface area (Å²) in [5, 5.41) is -0.477. The molecule has 7 heteroatoms. The number of sulfone groups is 1. The average Bonchev–Trinajstić information content (AvgIpc) is 2.88. The number of carbonyl (C=O) groups excluding carboxylic acids is 1. The molecular formula is C13H13F2NO3S.